The van der Waals surface area contributed by atoms with Crippen LogP contribution in [-0.2, 0) is 37.8 Å². The third-order valence-corrected chi connectivity index (χ3v) is 13.2. The molecule has 1 spiro atoms. The van der Waals surface area contributed by atoms with Crippen molar-refractivity contribution >= 4 is 37.4 Å². The van der Waals surface area contributed by atoms with Gasteiger partial charge in [0.05, 0.1) is 44.4 Å². The number of nitrogens with zero attached hydrogens (tertiary/aromatic N) is 2. The van der Waals surface area contributed by atoms with E-state index in [0.717, 1.165) is 30.5 Å². The fourth-order valence-electron chi connectivity index (χ4n) is 8.31. The molecule has 2 saturated heterocycles. The van der Waals surface area contributed by atoms with Crippen molar-refractivity contribution in [1.82, 2.24) is 10.2 Å². The van der Waals surface area contributed by atoms with Crippen LogP contribution in [0.1, 0.15) is 42.9 Å². The van der Waals surface area contributed by atoms with Gasteiger partial charge in [0, 0.05) is 42.3 Å². The lowest BCUT2D eigenvalue weighted by molar-refractivity contribution is -0.150. The Morgan fingerprint density at radius 2 is 1.86 bits per heavy atom. The summed E-state index contributed by atoms with van der Waals surface area (Å²) in [7, 11) is -1.47. The van der Waals surface area contributed by atoms with Crippen molar-refractivity contribution < 1.29 is 33.8 Å². The normalized spacial score (nSPS) is 24.4. The molecule has 11 nitrogen and oxygen atoms in total. The molecule has 272 valence electrons. The monoisotopic (exact) mass is 714 g/mol. The number of anilines is 2. The quantitative estimate of drug-likeness (QED) is 0.203. The van der Waals surface area contributed by atoms with E-state index in [0.29, 0.717) is 35.8 Å². The second-order valence-electron chi connectivity index (χ2n) is 14.6. The fraction of sp³-hybridized carbons (Fsp3) is 0.462. The molecule has 5 atom stereocenters. The number of ether oxygens (including phenoxy) is 2. The highest BCUT2D eigenvalue weighted by atomic mass is 28.4. The maximum Gasteiger partial charge on any atom is 0.264 e. The first-order valence-corrected chi connectivity index (χ1v) is 20.9. The van der Waals surface area contributed by atoms with E-state index in [1.165, 1.54) is 0 Å². The first kappa shape index (κ1) is 36.7. The van der Waals surface area contributed by atoms with Gasteiger partial charge < -0.3 is 39.8 Å². The van der Waals surface area contributed by atoms with E-state index in [1.54, 1.807) is 16.9 Å². The smallest absolute Gasteiger partial charge is 0.264 e. The van der Waals surface area contributed by atoms with E-state index in [9.17, 15) is 24.3 Å². The maximum absolute atomic E-state index is 14.9. The largest absolute Gasteiger partial charge is 0.497 e. The van der Waals surface area contributed by atoms with Gasteiger partial charge in [0.15, 0.2) is 13.9 Å². The van der Waals surface area contributed by atoms with Crippen LogP contribution in [0.25, 0.3) is 0 Å². The second-order valence-corrected chi connectivity index (χ2v) is 18.6. The average molecular weight is 715 g/mol. The van der Waals surface area contributed by atoms with Crippen LogP contribution in [0.5, 0.6) is 5.75 Å². The molecular formula is C39H50N4O7Si. The van der Waals surface area contributed by atoms with Gasteiger partial charge in [-0.05, 0) is 73.9 Å². The van der Waals surface area contributed by atoms with Crippen LogP contribution in [0.2, 0.25) is 18.6 Å². The molecule has 0 saturated carbocycles. The summed E-state index contributed by atoms with van der Waals surface area (Å²) in [6.45, 7) is 7.67. The third kappa shape index (κ3) is 7.47. The standard InChI is InChI=1S/C39H50N4O7Si/c1-26-36(51(3,4)48)34(22-35(45)42(18-19-44)24-27-10-6-5-7-11-27)50-39(26)32-21-31(49-2)15-16-33(32)43(38(39)47)25-28-12-8-14-30(20-28)41-37(46)29-13-9-17-40-23-29/h5-8,10-12,14-16,20-21,26,29,34,36,40,44,48H,9,13,17-19,22-25H2,1-4H3,(H,41,46)/t26-,29?,34+,36-,39+/m1/s1. The highest BCUT2D eigenvalue weighted by molar-refractivity contribution is 6.71. The van der Waals surface area contributed by atoms with Crippen LogP contribution in [0, 0.1) is 11.8 Å². The highest BCUT2D eigenvalue weighted by Gasteiger charge is 2.66. The molecule has 4 N–H and O–H groups in total. The molecule has 0 radical (unpaired) electrons. The molecule has 0 bridgehead atoms. The van der Waals surface area contributed by atoms with Crippen LogP contribution in [0.3, 0.4) is 0 Å². The molecule has 2 fully saturated rings. The lowest BCUT2D eigenvalue weighted by Gasteiger charge is -2.32. The molecule has 51 heavy (non-hydrogen) atoms. The minimum Gasteiger partial charge on any atom is -0.497 e. The van der Waals surface area contributed by atoms with Crippen LogP contribution in [0.15, 0.2) is 72.8 Å². The van der Waals surface area contributed by atoms with E-state index < -0.39 is 31.5 Å². The summed E-state index contributed by atoms with van der Waals surface area (Å²) < 4.78 is 12.5. The number of aliphatic hydroxyl groups excluding tert-OH is 1. The van der Waals surface area contributed by atoms with Gasteiger partial charge in [0.1, 0.15) is 5.75 Å². The van der Waals surface area contributed by atoms with Gasteiger partial charge in [0.25, 0.3) is 5.91 Å². The van der Waals surface area contributed by atoms with Crippen LogP contribution < -0.4 is 20.3 Å². The number of piperidine rings is 1. The average Bonchev–Trinajstić information content (AvgIpc) is 3.54. The zero-order valence-corrected chi connectivity index (χ0v) is 30.9. The van der Waals surface area contributed by atoms with E-state index in [-0.39, 0.29) is 49.8 Å². The topological polar surface area (TPSA) is 141 Å². The number of benzene rings is 3. The summed E-state index contributed by atoms with van der Waals surface area (Å²) in [5.74, 6) is -0.511. The van der Waals surface area contributed by atoms with Gasteiger partial charge in [0.2, 0.25) is 11.8 Å². The molecule has 3 amide bonds. The summed E-state index contributed by atoms with van der Waals surface area (Å²) >= 11 is 0. The number of aliphatic hydroxyl groups is 1. The molecule has 3 aromatic rings. The number of fused-ring (bicyclic) bond motifs is 2. The number of nitrogens with one attached hydrogen (secondary N) is 2. The number of methoxy groups -OCH3 is 1. The number of carbonyl (C=O) groups excluding carboxylic acids is 3. The molecular weight excluding hydrogens is 665 g/mol. The predicted molar refractivity (Wildman–Crippen MR) is 198 cm³/mol. The Labute approximate surface area is 301 Å². The Morgan fingerprint density at radius 3 is 2.55 bits per heavy atom. The number of amides is 3. The lowest BCUT2D eigenvalue weighted by atomic mass is 9.82. The van der Waals surface area contributed by atoms with Gasteiger partial charge in [-0.3, -0.25) is 14.4 Å². The van der Waals surface area contributed by atoms with Crippen molar-refractivity contribution in [3.8, 4) is 5.75 Å². The molecule has 0 aromatic heterocycles. The van der Waals surface area contributed by atoms with E-state index in [1.807, 2.05) is 92.8 Å². The summed E-state index contributed by atoms with van der Waals surface area (Å²) in [4.78, 5) is 56.9. The fourth-order valence-corrected chi connectivity index (χ4v) is 10.9. The number of hydrogen-bond donors (Lipinski definition) is 4. The first-order chi connectivity index (χ1) is 24.5. The van der Waals surface area contributed by atoms with Crippen molar-refractivity contribution in [2.24, 2.45) is 11.8 Å². The number of carbonyl (C=O) groups is 3. The zero-order valence-electron chi connectivity index (χ0n) is 29.9. The Bertz CT molecular complexity index is 1730. The van der Waals surface area contributed by atoms with Crippen LogP contribution in [0.4, 0.5) is 11.4 Å². The van der Waals surface area contributed by atoms with Gasteiger partial charge >= 0.3 is 0 Å². The van der Waals surface area contributed by atoms with Crippen molar-refractivity contribution in [3.05, 3.63) is 89.5 Å². The Morgan fingerprint density at radius 1 is 1.10 bits per heavy atom. The molecule has 3 heterocycles. The minimum absolute atomic E-state index is 0.0232. The van der Waals surface area contributed by atoms with Gasteiger partial charge in [-0.25, -0.2) is 0 Å². The van der Waals surface area contributed by atoms with E-state index in [2.05, 4.69) is 10.6 Å². The summed E-state index contributed by atoms with van der Waals surface area (Å²) in [5.41, 5.74) is 1.82. The Kier molecular flexibility index (Phi) is 11.0. The SMILES string of the molecule is COc1ccc2c(c1)[C@]1(O[C@@H](CC(=O)N(CCO)Cc3ccccc3)[C@H]([Si](C)(C)O)[C@H]1C)C(=O)N2Cc1cccc(NC(=O)C2CCCNC2)c1. The van der Waals surface area contributed by atoms with Crippen LogP contribution >= 0.6 is 0 Å². The van der Waals surface area contributed by atoms with Crippen molar-refractivity contribution in [3.63, 3.8) is 0 Å². The molecule has 3 aromatic carbocycles. The maximum atomic E-state index is 14.9. The van der Waals surface area contributed by atoms with Gasteiger partial charge in [-0.2, -0.15) is 0 Å². The molecule has 6 rings (SSSR count). The van der Waals surface area contributed by atoms with Crippen molar-refractivity contribution in [2.75, 3.05) is 43.6 Å². The summed E-state index contributed by atoms with van der Waals surface area (Å²) in [6.07, 6.45) is 1.01. The van der Waals surface area contributed by atoms with E-state index >= 15 is 0 Å². The van der Waals surface area contributed by atoms with E-state index in [4.69, 9.17) is 9.47 Å². The predicted octanol–water partition coefficient (Wildman–Crippen LogP) is 4.39. The zero-order chi connectivity index (χ0) is 36.3. The van der Waals surface area contributed by atoms with Gasteiger partial charge in [-0.15, -0.1) is 0 Å². The lowest BCUT2D eigenvalue weighted by Crippen LogP contribution is -2.46. The number of hydrogen-bond acceptors (Lipinski definition) is 8. The van der Waals surface area contributed by atoms with Crippen molar-refractivity contribution in [1.29, 1.82) is 0 Å². The molecule has 3 aliphatic rings. The number of rotatable bonds is 12. The highest BCUT2D eigenvalue weighted by Crippen LogP contribution is 2.60. The summed E-state index contributed by atoms with van der Waals surface area (Å²) in [5, 5.41) is 16.2. The molecule has 1 unspecified atom stereocenters. The minimum atomic E-state index is -3.04. The summed E-state index contributed by atoms with van der Waals surface area (Å²) in [6, 6.07) is 22.6. The van der Waals surface area contributed by atoms with Crippen molar-refractivity contribution in [2.45, 2.75) is 69.6 Å². The Balaban J connectivity index is 1.30. The van der Waals surface area contributed by atoms with Crippen LogP contribution in [-0.4, -0.2) is 80.3 Å². The Hall–Kier alpha value is -4.07. The molecule has 12 heteroatoms. The molecule has 3 aliphatic heterocycles. The molecule has 0 aliphatic carbocycles. The van der Waals surface area contributed by atoms with Gasteiger partial charge in [-0.1, -0.05) is 49.4 Å². The second kappa shape index (κ2) is 15.3. The first-order valence-electron chi connectivity index (χ1n) is 17.9. The third-order valence-electron chi connectivity index (χ3n) is 10.7.